The smallest absolute Gasteiger partial charge is 0.339 e. The lowest BCUT2D eigenvalue weighted by Crippen LogP contribution is -2.11. The van der Waals surface area contributed by atoms with Crippen molar-refractivity contribution in [2.75, 3.05) is 7.11 Å². The van der Waals surface area contributed by atoms with E-state index >= 15 is 0 Å². The van der Waals surface area contributed by atoms with Gasteiger partial charge < -0.3 is 19.7 Å². The van der Waals surface area contributed by atoms with Gasteiger partial charge in [-0.2, -0.15) is 0 Å². The van der Waals surface area contributed by atoms with Gasteiger partial charge in [0.25, 0.3) is 0 Å². The fourth-order valence-electron chi connectivity index (χ4n) is 1.94. The number of hydrogen-bond donors (Lipinski definition) is 2. The summed E-state index contributed by atoms with van der Waals surface area (Å²) < 4.78 is 10.7. The van der Waals surface area contributed by atoms with E-state index in [4.69, 9.17) is 14.6 Å². The maximum atomic E-state index is 12.1. The third kappa shape index (κ3) is 3.92. The van der Waals surface area contributed by atoms with Crippen molar-refractivity contribution < 1.29 is 29.3 Å². The highest BCUT2D eigenvalue weighted by Gasteiger charge is 2.17. The van der Waals surface area contributed by atoms with E-state index < -0.39 is 11.9 Å². The van der Waals surface area contributed by atoms with Crippen molar-refractivity contribution in [3.63, 3.8) is 0 Å². The number of esters is 1. The summed E-state index contributed by atoms with van der Waals surface area (Å²) in [6.07, 6.45) is 0. The van der Waals surface area contributed by atoms with E-state index in [1.807, 2.05) is 22.6 Å². The number of phenolic OH excluding ortho intramolecular Hbond substituents is 1. The molecule has 0 fully saturated rings. The third-order valence-electron chi connectivity index (χ3n) is 3.06. The second-order valence-electron chi connectivity index (χ2n) is 4.56. The van der Waals surface area contributed by atoms with Crippen LogP contribution >= 0.6 is 22.6 Å². The van der Waals surface area contributed by atoms with Gasteiger partial charge in [0, 0.05) is 0 Å². The molecule has 0 aliphatic rings. The summed E-state index contributed by atoms with van der Waals surface area (Å²) in [4.78, 5) is 23.2. The summed E-state index contributed by atoms with van der Waals surface area (Å²) in [5, 5.41) is 18.9. The van der Waals surface area contributed by atoms with E-state index in [1.165, 1.54) is 25.3 Å². The molecule has 2 aromatic rings. The second-order valence-corrected chi connectivity index (χ2v) is 5.72. The molecule has 23 heavy (non-hydrogen) atoms. The van der Waals surface area contributed by atoms with Crippen molar-refractivity contribution in [3.8, 4) is 11.5 Å². The molecule has 0 heterocycles. The predicted octanol–water partition coefficient (Wildman–Crippen LogP) is 3.06. The minimum absolute atomic E-state index is 0.0133. The largest absolute Gasteiger partial charge is 0.504 e. The number of carbonyl (C=O) groups is 2. The summed E-state index contributed by atoms with van der Waals surface area (Å²) in [6, 6.07) is 9.03. The number of phenols is 1. The number of benzene rings is 2. The number of carboxylic acids is 1. The number of carboxylic acid groups (broad SMARTS) is 1. The number of aromatic carboxylic acids is 1. The van der Waals surface area contributed by atoms with Crippen molar-refractivity contribution in [1.82, 2.24) is 0 Å². The lowest BCUT2D eigenvalue weighted by molar-refractivity contribution is 0.0463. The van der Waals surface area contributed by atoms with Crippen LogP contribution in [0.3, 0.4) is 0 Å². The number of ether oxygens (including phenoxy) is 2. The molecule has 0 radical (unpaired) electrons. The summed E-state index contributed by atoms with van der Waals surface area (Å²) in [5.74, 6) is -1.64. The zero-order valence-corrected chi connectivity index (χ0v) is 14.2. The normalized spacial score (nSPS) is 10.2. The Labute approximate surface area is 145 Å². The highest BCUT2D eigenvalue weighted by Crippen LogP contribution is 2.32. The molecular weight excluding hydrogens is 415 g/mol. The topological polar surface area (TPSA) is 93.1 Å². The molecule has 2 N–H and O–H groups in total. The van der Waals surface area contributed by atoms with Gasteiger partial charge in [-0.15, -0.1) is 0 Å². The molecule has 0 saturated carbocycles. The maximum absolute atomic E-state index is 12.1. The van der Waals surface area contributed by atoms with E-state index in [1.54, 1.807) is 18.2 Å². The molecule has 0 atom stereocenters. The van der Waals surface area contributed by atoms with E-state index in [0.29, 0.717) is 9.13 Å². The third-order valence-corrected chi connectivity index (χ3v) is 3.88. The van der Waals surface area contributed by atoms with Crippen LogP contribution in [0.2, 0.25) is 0 Å². The number of carbonyl (C=O) groups excluding carboxylic acids is 1. The summed E-state index contributed by atoms with van der Waals surface area (Å²) in [7, 11) is 1.42. The zero-order chi connectivity index (χ0) is 17.0. The van der Waals surface area contributed by atoms with Crippen molar-refractivity contribution in [1.29, 1.82) is 0 Å². The lowest BCUT2D eigenvalue weighted by Gasteiger charge is -2.10. The van der Waals surface area contributed by atoms with Crippen molar-refractivity contribution in [3.05, 3.63) is 56.7 Å². The molecule has 2 rings (SSSR count). The van der Waals surface area contributed by atoms with Crippen LogP contribution in [-0.2, 0) is 11.3 Å². The van der Waals surface area contributed by atoms with Crippen LogP contribution in [-0.4, -0.2) is 29.3 Å². The van der Waals surface area contributed by atoms with Gasteiger partial charge in [-0.25, -0.2) is 9.59 Å². The van der Waals surface area contributed by atoms with Crippen LogP contribution in [0.4, 0.5) is 0 Å². The van der Waals surface area contributed by atoms with Gasteiger partial charge in [0.15, 0.2) is 11.5 Å². The molecule has 0 amide bonds. The van der Waals surface area contributed by atoms with E-state index in [-0.39, 0.29) is 29.2 Å². The molecule has 6 nitrogen and oxygen atoms in total. The van der Waals surface area contributed by atoms with Crippen LogP contribution in [0, 0.1) is 3.57 Å². The standard InChI is InChI=1S/C16H13IO6/c1-22-13-7-9(6-12(17)14(13)18)8-23-16(21)11-5-3-2-4-10(11)15(19)20/h2-7,18H,8H2,1H3,(H,19,20). The van der Waals surface area contributed by atoms with Crippen LogP contribution in [0.5, 0.6) is 11.5 Å². The number of aromatic hydroxyl groups is 1. The monoisotopic (exact) mass is 428 g/mol. The molecule has 0 unspecified atom stereocenters. The van der Waals surface area contributed by atoms with Gasteiger partial charge in [0.2, 0.25) is 0 Å². The van der Waals surface area contributed by atoms with Crippen LogP contribution in [0.15, 0.2) is 36.4 Å². The Morgan fingerprint density at radius 3 is 2.43 bits per heavy atom. The zero-order valence-electron chi connectivity index (χ0n) is 12.1. The average molecular weight is 428 g/mol. The number of halogens is 1. The fourth-order valence-corrected chi connectivity index (χ4v) is 2.61. The average Bonchev–Trinajstić information content (AvgIpc) is 2.55. The molecule has 7 heteroatoms. The Balaban J connectivity index is 2.17. The Bertz CT molecular complexity index is 756. The summed E-state index contributed by atoms with van der Waals surface area (Å²) in [6.45, 7) is -0.0700. The molecule has 0 saturated heterocycles. The molecule has 120 valence electrons. The molecule has 2 aromatic carbocycles. The second kappa shape index (κ2) is 7.32. The first kappa shape index (κ1) is 17.1. The van der Waals surface area contributed by atoms with Crippen molar-refractivity contribution in [2.24, 2.45) is 0 Å². The molecular formula is C16H13IO6. The van der Waals surface area contributed by atoms with E-state index in [9.17, 15) is 14.7 Å². The van der Waals surface area contributed by atoms with Gasteiger partial charge in [0.1, 0.15) is 6.61 Å². The van der Waals surface area contributed by atoms with Crippen molar-refractivity contribution >= 4 is 34.5 Å². The van der Waals surface area contributed by atoms with Crippen LogP contribution in [0.1, 0.15) is 26.3 Å². The Hall–Kier alpha value is -2.29. The van der Waals surface area contributed by atoms with Crippen LogP contribution < -0.4 is 4.74 Å². The number of rotatable bonds is 5. The van der Waals surface area contributed by atoms with E-state index in [2.05, 4.69) is 0 Å². The van der Waals surface area contributed by atoms with E-state index in [0.717, 1.165) is 0 Å². The fraction of sp³-hybridized carbons (Fsp3) is 0.125. The predicted molar refractivity (Wildman–Crippen MR) is 89.9 cm³/mol. The quantitative estimate of drug-likeness (QED) is 0.562. The van der Waals surface area contributed by atoms with Gasteiger partial charge in [-0.05, 0) is 52.4 Å². The number of hydrogen-bond acceptors (Lipinski definition) is 5. The molecule has 0 spiro atoms. The summed E-state index contributed by atoms with van der Waals surface area (Å²) in [5.41, 5.74) is 0.487. The first-order chi connectivity index (χ1) is 10.9. The highest BCUT2D eigenvalue weighted by molar-refractivity contribution is 14.1. The molecule has 0 aromatic heterocycles. The van der Waals surface area contributed by atoms with Gasteiger partial charge in [-0.1, -0.05) is 12.1 Å². The first-order valence-corrected chi connectivity index (χ1v) is 7.56. The molecule has 0 aliphatic heterocycles. The highest BCUT2D eigenvalue weighted by atomic mass is 127. The Kier molecular flexibility index (Phi) is 5.43. The maximum Gasteiger partial charge on any atom is 0.339 e. The van der Waals surface area contributed by atoms with Crippen molar-refractivity contribution in [2.45, 2.75) is 6.61 Å². The number of methoxy groups -OCH3 is 1. The van der Waals surface area contributed by atoms with Gasteiger partial charge in [0.05, 0.1) is 21.8 Å². The Morgan fingerprint density at radius 1 is 1.17 bits per heavy atom. The van der Waals surface area contributed by atoms with Gasteiger partial charge >= 0.3 is 11.9 Å². The van der Waals surface area contributed by atoms with Crippen LogP contribution in [0.25, 0.3) is 0 Å². The lowest BCUT2D eigenvalue weighted by atomic mass is 10.1. The SMILES string of the molecule is COc1cc(COC(=O)c2ccccc2C(=O)O)cc(I)c1O. The summed E-state index contributed by atoms with van der Waals surface area (Å²) >= 11 is 1.93. The Morgan fingerprint density at radius 2 is 1.83 bits per heavy atom. The molecule has 0 aliphatic carbocycles. The first-order valence-electron chi connectivity index (χ1n) is 6.49. The minimum atomic E-state index is -1.20. The minimum Gasteiger partial charge on any atom is -0.504 e. The molecule has 0 bridgehead atoms. The van der Waals surface area contributed by atoms with Gasteiger partial charge in [-0.3, -0.25) is 0 Å².